The maximum absolute atomic E-state index is 5.87. The predicted octanol–water partition coefficient (Wildman–Crippen LogP) is 3.95. The fourth-order valence-electron chi connectivity index (χ4n) is 2.44. The van der Waals surface area contributed by atoms with E-state index in [-0.39, 0.29) is 0 Å². The zero-order valence-electron chi connectivity index (χ0n) is 12.0. The minimum atomic E-state index is 0.626. The van der Waals surface area contributed by atoms with E-state index in [1.165, 1.54) is 16.9 Å². The van der Waals surface area contributed by atoms with Crippen molar-refractivity contribution in [1.29, 1.82) is 0 Å². The Morgan fingerprint density at radius 1 is 1.14 bits per heavy atom. The van der Waals surface area contributed by atoms with E-state index < -0.39 is 0 Å². The summed E-state index contributed by atoms with van der Waals surface area (Å²) in [4.78, 5) is 8.97. The van der Waals surface area contributed by atoms with Crippen molar-refractivity contribution in [2.75, 3.05) is 5.43 Å². The SMILES string of the molecule is CCc1ccc2oc(-c3ccc4nc(NN)sc4c3)nc2c1. The summed E-state index contributed by atoms with van der Waals surface area (Å²) in [5, 5.41) is 0.692. The van der Waals surface area contributed by atoms with Gasteiger partial charge in [0.2, 0.25) is 5.89 Å². The Balaban J connectivity index is 1.83. The molecule has 0 aliphatic rings. The highest BCUT2D eigenvalue weighted by Crippen LogP contribution is 2.31. The Morgan fingerprint density at radius 3 is 2.86 bits per heavy atom. The van der Waals surface area contributed by atoms with Crippen LogP contribution in [-0.2, 0) is 6.42 Å². The van der Waals surface area contributed by atoms with Gasteiger partial charge in [-0.3, -0.25) is 5.43 Å². The molecule has 2 heterocycles. The van der Waals surface area contributed by atoms with E-state index in [1.54, 1.807) is 0 Å². The van der Waals surface area contributed by atoms with E-state index in [1.807, 2.05) is 24.3 Å². The first-order valence-electron chi connectivity index (χ1n) is 7.04. The number of rotatable bonds is 3. The molecule has 0 saturated heterocycles. The second-order valence-electron chi connectivity index (χ2n) is 5.02. The molecular formula is C16H14N4OS. The van der Waals surface area contributed by atoms with Gasteiger partial charge in [-0.15, -0.1) is 0 Å². The number of nitrogens with zero attached hydrogens (tertiary/aromatic N) is 2. The summed E-state index contributed by atoms with van der Waals surface area (Å²) in [6.07, 6.45) is 0.986. The summed E-state index contributed by atoms with van der Waals surface area (Å²) < 4.78 is 6.91. The summed E-state index contributed by atoms with van der Waals surface area (Å²) in [5.41, 5.74) is 7.38. The van der Waals surface area contributed by atoms with Gasteiger partial charge in [0.25, 0.3) is 0 Å². The zero-order chi connectivity index (χ0) is 15.1. The fraction of sp³-hybridized carbons (Fsp3) is 0.125. The van der Waals surface area contributed by atoms with Crippen molar-refractivity contribution in [3.8, 4) is 11.5 Å². The van der Waals surface area contributed by atoms with Gasteiger partial charge in [-0.05, 0) is 42.3 Å². The lowest BCUT2D eigenvalue weighted by molar-refractivity contribution is 0.620. The van der Waals surface area contributed by atoms with Crippen LogP contribution < -0.4 is 11.3 Å². The maximum Gasteiger partial charge on any atom is 0.227 e. The van der Waals surface area contributed by atoms with Crippen LogP contribution in [0.5, 0.6) is 0 Å². The van der Waals surface area contributed by atoms with E-state index >= 15 is 0 Å². The van der Waals surface area contributed by atoms with Crippen LogP contribution in [0, 0.1) is 0 Å². The van der Waals surface area contributed by atoms with Crippen molar-refractivity contribution >= 4 is 37.8 Å². The Kier molecular flexibility index (Phi) is 3.06. The molecule has 0 amide bonds. The minimum absolute atomic E-state index is 0.626. The van der Waals surface area contributed by atoms with Gasteiger partial charge in [0, 0.05) is 5.56 Å². The number of anilines is 1. The molecule has 0 aliphatic heterocycles. The monoisotopic (exact) mass is 310 g/mol. The summed E-state index contributed by atoms with van der Waals surface area (Å²) in [5.74, 6) is 6.03. The maximum atomic E-state index is 5.87. The molecular weight excluding hydrogens is 296 g/mol. The molecule has 22 heavy (non-hydrogen) atoms. The molecule has 0 atom stereocenters. The Labute approximate surface area is 130 Å². The second kappa shape index (κ2) is 5.08. The van der Waals surface area contributed by atoms with Crippen LogP contribution in [0.3, 0.4) is 0 Å². The van der Waals surface area contributed by atoms with Gasteiger partial charge >= 0.3 is 0 Å². The first-order chi connectivity index (χ1) is 10.8. The molecule has 110 valence electrons. The van der Waals surface area contributed by atoms with Gasteiger partial charge in [0.05, 0.1) is 10.2 Å². The molecule has 0 aliphatic carbocycles. The van der Waals surface area contributed by atoms with E-state index in [2.05, 4.69) is 34.5 Å². The van der Waals surface area contributed by atoms with Crippen LogP contribution in [0.1, 0.15) is 12.5 Å². The number of fused-ring (bicyclic) bond motifs is 2. The van der Waals surface area contributed by atoms with Crippen molar-refractivity contribution in [3.05, 3.63) is 42.0 Å². The number of thiazole rings is 1. The number of hydrazine groups is 1. The van der Waals surface area contributed by atoms with E-state index in [9.17, 15) is 0 Å². The number of oxazole rings is 1. The third-order valence-electron chi connectivity index (χ3n) is 3.62. The molecule has 0 saturated carbocycles. The largest absolute Gasteiger partial charge is 0.436 e. The topological polar surface area (TPSA) is 77.0 Å². The number of benzene rings is 2. The number of aryl methyl sites for hydroxylation is 1. The fourth-order valence-corrected chi connectivity index (χ4v) is 3.25. The Hall–Kier alpha value is -2.44. The number of nitrogen functional groups attached to an aromatic ring is 1. The highest BCUT2D eigenvalue weighted by molar-refractivity contribution is 7.22. The molecule has 4 rings (SSSR count). The molecule has 2 aromatic heterocycles. The molecule has 5 nitrogen and oxygen atoms in total. The van der Waals surface area contributed by atoms with Crippen LogP contribution in [0.2, 0.25) is 0 Å². The van der Waals surface area contributed by atoms with E-state index in [0.29, 0.717) is 11.0 Å². The number of hydrogen-bond acceptors (Lipinski definition) is 6. The smallest absolute Gasteiger partial charge is 0.227 e. The van der Waals surface area contributed by atoms with Crippen molar-refractivity contribution < 1.29 is 4.42 Å². The van der Waals surface area contributed by atoms with Gasteiger partial charge in [0.1, 0.15) is 5.52 Å². The molecule has 0 bridgehead atoms. The van der Waals surface area contributed by atoms with E-state index in [0.717, 1.165) is 33.3 Å². The average molecular weight is 310 g/mol. The molecule has 2 aromatic carbocycles. The van der Waals surface area contributed by atoms with Gasteiger partial charge in [-0.1, -0.05) is 24.3 Å². The lowest BCUT2D eigenvalue weighted by Crippen LogP contribution is -2.05. The van der Waals surface area contributed by atoms with Crippen molar-refractivity contribution in [1.82, 2.24) is 9.97 Å². The highest BCUT2D eigenvalue weighted by Gasteiger charge is 2.11. The van der Waals surface area contributed by atoms with Crippen molar-refractivity contribution in [2.24, 2.45) is 5.84 Å². The van der Waals surface area contributed by atoms with Gasteiger partial charge in [-0.25, -0.2) is 15.8 Å². The lowest BCUT2D eigenvalue weighted by Gasteiger charge is -1.94. The summed E-state index contributed by atoms with van der Waals surface area (Å²) >= 11 is 1.50. The molecule has 0 spiro atoms. The Morgan fingerprint density at radius 2 is 2.05 bits per heavy atom. The van der Waals surface area contributed by atoms with Gasteiger partial charge < -0.3 is 4.42 Å². The Bertz CT molecular complexity index is 971. The summed E-state index contributed by atoms with van der Waals surface area (Å²) in [6.45, 7) is 2.13. The zero-order valence-corrected chi connectivity index (χ0v) is 12.8. The van der Waals surface area contributed by atoms with Crippen molar-refractivity contribution in [2.45, 2.75) is 13.3 Å². The number of hydrogen-bond donors (Lipinski definition) is 2. The predicted molar refractivity (Wildman–Crippen MR) is 89.8 cm³/mol. The summed E-state index contributed by atoms with van der Waals surface area (Å²) in [7, 11) is 0. The number of nitrogens with two attached hydrogens (primary N) is 1. The quantitative estimate of drug-likeness (QED) is 0.442. The van der Waals surface area contributed by atoms with Crippen molar-refractivity contribution in [3.63, 3.8) is 0 Å². The molecule has 0 fully saturated rings. The number of aromatic nitrogens is 2. The first kappa shape index (κ1) is 13.2. The molecule has 6 heteroatoms. The van der Waals surface area contributed by atoms with Gasteiger partial charge in [0.15, 0.2) is 10.7 Å². The van der Waals surface area contributed by atoms with Crippen LogP contribution in [0.25, 0.3) is 32.8 Å². The summed E-state index contributed by atoms with van der Waals surface area (Å²) in [6, 6.07) is 12.1. The molecule has 0 unspecified atom stereocenters. The third-order valence-corrected chi connectivity index (χ3v) is 4.57. The van der Waals surface area contributed by atoms with Crippen LogP contribution in [-0.4, -0.2) is 9.97 Å². The van der Waals surface area contributed by atoms with Crippen LogP contribution >= 0.6 is 11.3 Å². The second-order valence-corrected chi connectivity index (χ2v) is 6.05. The van der Waals surface area contributed by atoms with Crippen LogP contribution in [0.4, 0.5) is 5.13 Å². The standard InChI is InChI=1S/C16H14N4OS/c1-2-9-3-6-13-12(7-9)18-15(21-13)10-4-5-11-14(8-10)22-16(19-11)20-17/h3-8H,2,17H2,1H3,(H,19,20). The average Bonchev–Trinajstić information content (AvgIpc) is 3.16. The number of nitrogens with one attached hydrogen (secondary N) is 1. The first-order valence-corrected chi connectivity index (χ1v) is 7.85. The third kappa shape index (κ3) is 2.13. The van der Waals surface area contributed by atoms with E-state index in [4.69, 9.17) is 10.3 Å². The molecule has 3 N–H and O–H groups in total. The van der Waals surface area contributed by atoms with Crippen LogP contribution in [0.15, 0.2) is 40.8 Å². The minimum Gasteiger partial charge on any atom is -0.436 e. The molecule has 4 aromatic rings. The normalized spacial score (nSPS) is 11.4. The molecule has 0 radical (unpaired) electrons. The lowest BCUT2D eigenvalue weighted by atomic mass is 10.1. The van der Waals surface area contributed by atoms with Gasteiger partial charge in [-0.2, -0.15) is 0 Å². The highest BCUT2D eigenvalue weighted by atomic mass is 32.1.